The number of rotatable bonds is 3. The summed E-state index contributed by atoms with van der Waals surface area (Å²) in [5.41, 5.74) is 8.05. The van der Waals surface area contributed by atoms with Crippen LogP contribution in [0.5, 0.6) is 0 Å². The summed E-state index contributed by atoms with van der Waals surface area (Å²) in [6, 6.07) is 2.52. The van der Waals surface area contributed by atoms with Crippen molar-refractivity contribution in [1.29, 1.82) is 0 Å². The average molecular weight is 309 g/mol. The van der Waals surface area contributed by atoms with Crippen LogP contribution >= 0.6 is 12.2 Å². The molecule has 1 aliphatic rings. The van der Waals surface area contributed by atoms with Gasteiger partial charge in [0.2, 0.25) is 0 Å². The summed E-state index contributed by atoms with van der Waals surface area (Å²) in [4.78, 5) is 3.04. The molecule has 1 aromatic carbocycles. The molecule has 0 bridgehead atoms. The van der Waals surface area contributed by atoms with Crippen molar-refractivity contribution in [2.45, 2.75) is 31.7 Å². The number of imidazole rings is 1. The molecule has 0 saturated heterocycles. The number of H-pyrrole nitrogens is 1. The maximum absolute atomic E-state index is 13.8. The van der Waals surface area contributed by atoms with Crippen LogP contribution in [-0.2, 0) is 19.3 Å². The number of nitrogens with zero attached hydrogens (tertiary/aromatic N) is 1. The fraction of sp³-hybridized carbons (Fsp3) is 0.400. The van der Waals surface area contributed by atoms with Crippen LogP contribution in [0.25, 0.3) is 0 Å². The monoisotopic (exact) mass is 309 g/mol. The molecule has 0 radical (unpaired) electrons. The number of halogens is 2. The molecule has 1 heterocycles. The molecule has 0 amide bonds. The topological polar surface area (TPSA) is 46.7 Å². The molecule has 112 valence electrons. The van der Waals surface area contributed by atoms with Gasteiger partial charge in [-0.3, -0.25) is 0 Å². The standard InChI is InChI=1S/C15H17F2N3S/c16-10-5-9-6-11(1-2-13(9)14(17)7-10)20-12(3-4-18)8-19-15(20)21/h5,7-8,11H,1-4,6,18H2,(H,19,21)/t11-/m0/s1. The Bertz CT molecular complexity index is 720. The van der Waals surface area contributed by atoms with Crippen molar-refractivity contribution in [2.24, 2.45) is 5.73 Å². The fourth-order valence-corrected chi connectivity index (χ4v) is 3.49. The van der Waals surface area contributed by atoms with Gasteiger partial charge in [-0.15, -0.1) is 0 Å². The molecule has 2 aromatic rings. The third-order valence-corrected chi connectivity index (χ3v) is 4.41. The van der Waals surface area contributed by atoms with Crippen molar-refractivity contribution in [3.05, 3.63) is 51.6 Å². The lowest BCUT2D eigenvalue weighted by atomic mass is 9.87. The van der Waals surface area contributed by atoms with E-state index in [0.717, 1.165) is 30.2 Å². The van der Waals surface area contributed by atoms with E-state index in [1.165, 1.54) is 6.07 Å². The Morgan fingerprint density at radius 2 is 2.19 bits per heavy atom. The molecule has 1 aromatic heterocycles. The molecule has 0 aliphatic heterocycles. The maximum Gasteiger partial charge on any atom is 0.177 e. The van der Waals surface area contributed by atoms with Crippen molar-refractivity contribution in [1.82, 2.24) is 9.55 Å². The lowest BCUT2D eigenvalue weighted by molar-refractivity contribution is 0.416. The van der Waals surface area contributed by atoms with Crippen LogP contribution in [0.3, 0.4) is 0 Å². The summed E-state index contributed by atoms with van der Waals surface area (Å²) in [6.45, 7) is 0.541. The van der Waals surface area contributed by atoms with Crippen molar-refractivity contribution >= 4 is 12.2 Å². The summed E-state index contributed by atoms with van der Waals surface area (Å²) in [5.74, 6) is -0.963. The van der Waals surface area contributed by atoms with Gasteiger partial charge in [0.25, 0.3) is 0 Å². The van der Waals surface area contributed by atoms with Crippen molar-refractivity contribution in [2.75, 3.05) is 6.54 Å². The normalized spacial score (nSPS) is 17.8. The molecule has 3 rings (SSSR count). The van der Waals surface area contributed by atoms with Crippen LogP contribution in [0.1, 0.15) is 29.3 Å². The number of hydrogen-bond donors (Lipinski definition) is 2. The van der Waals surface area contributed by atoms with Gasteiger partial charge in [0.1, 0.15) is 11.6 Å². The van der Waals surface area contributed by atoms with Gasteiger partial charge in [0, 0.05) is 30.4 Å². The molecule has 3 N–H and O–H groups in total. The fourth-order valence-electron chi connectivity index (χ4n) is 3.16. The number of aromatic nitrogens is 2. The van der Waals surface area contributed by atoms with E-state index >= 15 is 0 Å². The zero-order valence-electron chi connectivity index (χ0n) is 11.5. The minimum atomic E-state index is -0.522. The zero-order valence-corrected chi connectivity index (χ0v) is 12.4. The van der Waals surface area contributed by atoms with Gasteiger partial charge >= 0.3 is 0 Å². The average Bonchev–Trinajstić information content (AvgIpc) is 2.79. The molecule has 1 atom stereocenters. The van der Waals surface area contributed by atoms with Gasteiger partial charge in [0.15, 0.2) is 4.77 Å². The first-order valence-electron chi connectivity index (χ1n) is 7.05. The Balaban J connectivity index is 1.97. The first-order chi connectivity index (χ1) is 10.1. The second kappa shape index (κ2) is 5.69. The quantitative estimate of drug-likeness (QED) is 0.856. The highest BCUT2D eigenvalue weighted by molar-refractivity contribution is 7.71. The Kier molecular flexibility index (Phi) is 3.91. The highest BCUT2D eigenvalue weighted by Crippen LogP contribution is 2.32. The second-order valence-corrected chi connectivity index (χ2v) is 5.80. The number of nitrogens with one attached hydrogen (secondary N) is 1. The van der Waals surface area contributed by atoms with E-state index in [2.05, 4.69) is 4.98 Å². The van der Waals surface area contributed by atoms with Crippen LogP contribution in [0.4, 0.5) is 8.78 Å². The van der Waals surface area contributed by atoms with Crippen LogP contribution in [0.15, 0.2) is 18.3 Å². The van der Waals surface area contributed by atoms with E-state index in [1.807, 2.05) is 10.8 Å². The van der Waals surface area contributed by atoms with Crippen molar-refractivity contribution in [3.8, 4) is 0 Å². The number of hydrogen-bond acceptors (Lipinski definition) is 2. The zero-order chi connectivity index (χ0) is 15.0. The summed E-state index contributed by atoms with van der Waals surface area (Å²) in [7, 11) is 0. The third kappa shape index (κ3) is 2.65. The molecule has 21 heavy (non-hydrogen) atoms. The van der Waals surface area contributed by atoms with Crippen molar-refractivity contribution in [3.63, 3.8) is 0 Å². The smallest absolute Gasteiger partial charge is 0.177 e. The molecule has 6 heteroatoms. The Labute approximate surface area is 126 Å². The van der Waals surface area contributed by atoms with Gasteiger partial charge in [-0.25, -0.2) is 8.78 Å². The lowest BCUT2D eigenvalue weighted by Crippen LogP contribution is -2.22. The molecule has 0 unspecified atom stereocenters. The predicted octanol–water partition coefficient (Wildman–Crippen LogP) is 3.06. The van der Waals surface area contributed by atoms with E-state index in [-0.39, 0.29) is 6.04 Å². The summed E-state index contributed by atoms with van der Waals surface area (Å²) < 4.78 is 29.9. The number of fused-ring (bicyclic) bond motifs is 1. The Hall–Kier alpha value is -1.53. The summed E-state index contributed by atoms with van der Waals surface area (Å²) in [6.07, 6.45) is 4.58. The van der Waals surface area contributed by atoms with Gasteiger partial charge < -0.3 is 15.3 Å². The third-order valence-electron chi connectivity index (χ3n) is 4.09. The Morgan fingerprint density at radius 1 is 1.38 bits per heavy atom. The van der Waals surface area contributed by atoms with Gasteiger partial charge in [-0.1, -0.05) is 0 Å². The lowest BCUT2D eigenvalue weighted by Gasteiger charge is -2.27. The molecule has 0 saturated carbocycles. The van der Waals surface area contributed by atoms with Crippen LogP contribution in [-0.4, -0.2) is 16.1 Å². The maximum atomic E-state index is 13.8. The first-order valence-corrected chi connectivity index (χ1v) is 7.46. The highest BCUT2D eigenvalue weighted by atomic mass is 32.1. The molecule has 3 nitrogen and oxygen atoms in total. The number of benzene rings is 1. The van der Waals surface area contributed by atoms with Gasteiger partial charge in [-0.2, -0.15) is 0 Å². The predicted molar refractivity (Wildman–Crippen MR) is 79.8 cm³/mol. The molecule has 0 fully saturated rings. The molecular weight excluding hydrogens is 292 g/mol. The van der Waals surface area contributed by atoms with E-state index < -0.39 is 11.6 Å². The van der Waals surface area contributed by atoms with Gasteiger partial charge in [-0.05, 0) is 55.2 Å². The largest absolute Gasteiger partial charge is 0.337 e. The molecule has 0 spiro atoms. The minimum Gasteiger partial charge on any atom is -0.337 e. The molecule has 1 aliphatic carbocycles. The van der Waals surface area contributed by atoms with E-state index in [9.17, 15) is 8.78 Å². The highest BCUT2D eigenvalue weighted by Gasteiger charge is 2.25. The van der Waals surface area contributed by atoms with Crippen LogP contribution in [0.2, 0.25) is 0 Å². The molecular formula is C15H17F2N3S. The van der Waals surface area contributed by atoms with E-state index in [0.29, 0.717) is 29.7 Å². The number of aromatic amines is 1. The minimum absolute atomic E-state index is 0.124. The number of nitrogens with two attached hydrogens (primary N) is 1. The van der Waals surface area contributed by atoms with E-state index in [4.69, 9.17) is 18.0 Å². The summed E-state index contributed by atoms with van der Waals surface area (Å²) >= 11 is 5.34. The second-order valence-electron chi connectivity index (χ2n) is 5.42. The van der Waals surface area contributed by atoms with Gasteiger partial charge in [0.05, 0.1) is 0 Å². The Morgan fingerprint density at radius 3 is 2.95 bits per heavy atom. The SMILES string of the molecule is NCCc1c[nH]c(=S)n1[C@H]1CCc2c(F)cc(F)cc2C1. The van der Waals surface area contributed by atoms with Crippen LogP contribution in [0, 0.1) is 16.4 Å². The van der Waals surface area contributed by atoms with Crippen molar-refractivity contribution < 1.29 is 8.78 Å². The van der Waals surface area contributed by atoms with Crippen LogP contribution < -0.4 is 5.73 Å². The first kappa shape index (κ1) is 14.4. The summed E-state index contributed by atoms with van der Waals surface area (Å²) in [5, 5.41) is 0. The van der Waals surface area contributed by atoms with E-state index in [1.54, 1.807) is 0 Å².